The highest BCUT2D eigenvalue weighted by Gasteiger charge is 2.17. The molecule has 0 aliphatic carbocycles. The van der Waals surface area contributed by atoms with Gasteiger partial charge in [-0.25, -0.2) is 0 Å². The second kappa shape index (κ2) is 10.4. The molecule has 1 amide bonds. The molecule has 1 N–H and O–H groups in total. The van der Waals surface area contributed by atoms with Gasteiger partial charge in [-0.2, -0.15) is 0 Å². The lowest BCUT2D eigenvalue weighted by molar-refractivity contribution is -0.116. The van der Waals surface area contributed by atoms with E-state index in [1.54, 1.807) is 19.4 Å². The van der Waals surface area contributed by atoms with Gasteiger partial charge in [-0.15, -0.1) is 0 Å². The summed E-state index contributed by atoms with van der Waals surface area (Å²) >= 11 is 0. The van der Waals surface area contributed by atoms with Crippen LogP contribution < -0.4 is 14.8 Å². The second-order valence-electron chi connectivity index (χ2n) is 6.33. The molecule has 146 valence electrons. The average molecular weight is 372 g/mol. The minimum Gasteiger partial charge on any atom is -0.493 e. The number of ether oxygens (including phenoxy) is 2. The standard InChI is InChI=1S/C21H28N2O4/c1-5-12-26-19-10-8-16(14-20(19)25-4)9-11-21(24)22-15-17(23(2)3)18-7-6-13-27-18/h6-11,13-14,17H,5,12,15H2,1-4H3,(H,22,24). The van der Waals surface area contributed by atoms with Crippen molar-refractivity contribution in [1.82, 2.24) is 10.2 Å². The maximum absolute atomic E-state index is 12.2. The molecule has 1 unspecified atom stereocenters. The first-order valence-corrected chi connectivity index (χ1v) is 9.01. The third kappa shape index (κ3) is 6.18. The number of furan rings is 1. The molecule has 0 spiro atoms. The van der Waals surface area contributed by atoms with Gasteiger partial charge >= 0.3 is 0 Å². The quantitative estimate of drug-likeness (QED) is 0.647. The molecular formula is C21H28N2O4. The van der Waals surface area contributed by atoms with Gasteiger partial charge in [-0.1, -0.05) is 13.0 Å². The van der Waals surface area contributed by atoms with E-state index in [4.69, 9.17) is 13.9 Å². The first-order valence-electron chi connectivity index (χ1n) is 9.01. The Bertz CT molecular complexity index is 739. The maximum atomic E-state index is 12.2. The number of rotatable bonds is 10. The van der Waals surface area contributed by atoms with E-state index in [1.165, 1.54) is 6.08 Å². The zero-order valence-electron chi connectivity index (χ0n) is 16.4. The zero-order chi connectivity index (χ0) is 19.6. The van der Waals surface area contributed by atoms with Crippen molar-refractivity contribution < 1.29 is 18.7 Å². The van der Waals surface area contributed by atoms with Crippen LogP contribution >= 0.6 is 0 Å². The van der Waals surface area contributed by atoms with E-state index in [2.05, 4.69) is 12.2 Å². The molecular weight excluding hydrogens is 344 g/mol. The van der Waals surface area contributed by atoms with Crippen LogP contribution in [0, 0.1) is 0 Å². The Morgan fingerprint density at radius 1 is 1.30 bits per heavy atom. The van der Waals surface area contributed by atoms with Gasteiger partial charge in [0.25, 0.3) is 0 Å². The topological polar surface area (TPSA) is 63.9 Å². The maximum Gasteiger partial charge on any atom is 0.244 e. The predicted octanol–water partition coefficient (Wildman–Crippen LogP) is 3.51. The number of carbonyl (C=O) groups excluding carboxylic acids is 1. The molecule has 0 bridgehead atoms. The van der Waals surface area contributed by atoms with Crippen LogP contribution in [0.4, 0.5) is 0 Å². The van der Waals surface area contributed by atoms with Crippen LogP contribution in [0.2, 0.25) is 0 Å². The Hall–Kier alpha value is -2.73. The molecule has 6 heteroatoms. The first-order chi connectivity index (χ1) is 13.0. The van der Waals surface area contributed by atoms with Gasteiger partial charge in [0.1, 0.15) is 5.76 Å². The van der Waals surface area contributed by atoms with Crippen molar-refractivity contribution in [1.29, 1.82) is 0 Å². The molecule has 0 radical (unpaired) electrons. The molecule has 0 aliphatic heterocycles. The van der Waals surface area contributed by atoms with Gasteiger partial charge < -0.3 is 19.2 Å². The van der Waals surface area contributed by atoms with Gasteiger partial charge in [0, 0.05) is 12.6 Å². The molecule has 0 saturated carbocycles. The Morgan fingerprint density at radius 3 is 2.74 bits per heavy atom. The molecule has 1 aromatic carbocycles. The fraction of sp³-hybridized carbons (Fsp3) is 0.381. The van der Waals surface area contributed by atoms with Crippen LogP contribution in [-0.2, 0) is 4.79 Å². The molecule has 0 aliphatic rings. The molecule has 1 aromatic heterocycles. The molecule has 6 nitrogen and oxygen atoms in total. The Labute approximate surface area is 160 Å². The molecule has 27 heavy (non-hydrogen) atoms. The second-order valence-corrected chi connectivity index (χ2v) is 6.33. The van der Waals surface area contributed by atoms with Crippen LogP contribution in [-0.4, -0.2) is 45.2 Å². The van der Waals surface area contributed by atoms with Crippen LogP contribution in [0.5, 0.6) is 11.5 Å². The number of nitrogens with one attached hydrogen (secondary N) is 1. The monoisotopic (exact) mass is 372 g/mol. The molecule has 0 fully saturated rings. The van der Waals surface area contributed by atoms with Crippen molar-refractivity contribution in [3.05, 3.63) is 54.0 Å². The number of benzene rings is 1. The van der Waals surface area contributed by atoms with Crippen molar-refractivity contribution in [2.45, 2.75) is 19.4 Å². The van der Waals surface area contributed by atoms with E-state index in [9.17, 15) is 4.79 Å². The van der Waals surface area contributed by atoms with Gasteiger partial charge in [0.2, 0.25) is 5.91 Å². The lowest BCUT2D eigenvalue weighted by Crippen LogP contribution is -2.33. The predicted molar refractivity (Wildman–Crippen MR) is 106 cm³/mol. The van der Waals surface area contributed by atoms with E-state index >= 15 is 0 Å². The molecule has 0 saturated heterocycles. The summed E-state index contributed by atoms with van der Waals surface area (Å²) in [5.41, 5.74) is 0.862. The Balaban J connectivity index is 1.95. The highest BCUT2D eigenvalue weighted by atomic mass is 16.5. The fourth-order valence-corrected chi connectivity index (χ4v) is 2.57. The minimum absolute atomic E-state index is 0.0209. The number of hydrogen-bond donors (Lipinski definition) is 1. The molecule has 2 rings (SSSR count). The van der Waals surface area contributed by atoms with Gasteiger partial charge in [-0.3, -0.25) is 9.69 Å². The Morgan fingerprint density at radius 2 is 2.11 bits per heavy atom. The lowest BCUT2D eigenvalue weighted by atomic mass is 10.1. The van der Waals surface area contributed by atoms with E-state index < -0.39 is 0 Å². The summed E-state index contributed by atoms with van der Waals surface area (Å²) < 4.78 is 16.4. The number of carbonyl (C=O) groups is 1. The van der Waals surface area contributed by atoms with Crippen molar-refractivity contribution in [3.63, 3.8) is 0 Å². The van der Waals surface area contributed by atoms with Gasteiger partial charge in [-0.05, 0) is 56.4 Å². The minimum atomic E-state index is -0.168. The largest absolute Gasteiger partial charge is 0.493 e. The zero-order valence-corrected chi connectivity index (χ0v) is 16.4. The van der Waals surface area contributed by atoms with Crippen molar-refractivity contribution in [2.75, 3.05) is 34.4 Å². The third-order valence-corrected chi connectivity index (χ3v) is 4.04. The van der Waals surface area contributed by atoms with E-state index in [1.807, 2.05) is 49.3 Å². The van der Waals surface area contributed by atoms with Crippen LogP contribution in [0.15, 0.2) is 47.1 Å². The fourth-order valence-electron chi connectivity index (χ4n) is 2.57. The van der Waals surface area contributed by atoms with Crippen molar-refractivity contribution >= 4 is 12.0 Å². The number of amides is 1. The average Bonchev–Trinajstić information content (AvgIpc) is 3.19. The first kappa shape index (κ1) is 20.6. The SMILES string of the molecule is CCCOc1ccc(C=CC(=O)NCC(c2ccco2)N(C)C)cc1OC. The highest BCUT2D eigenvalue weighted by Crippen LogP contribution is 2.28. The molecule has 1 atom stereocenters. The number of hydrogen-bond acceptors (Lipinski definition) is 5. The van der Waals surface area contributed by atoms with E-state index in [-0.39, 0.29) is 11.9 Å². The summed E-state index contributed by atoms with van der Waals surface area (Å²) in [5.74, 6) is 2.00. The molecule has 2 aromatic rings. The Kier molecular flexibility index (Phi) is 7.95. The van der Waals surface area contributed by atoms with Gasteiger partial charge in [0.05, 0.1) is 26.0 Å². The summed E-state index contributed by atoms with van der Waals surface area (Å²) in [4.78, 5) is 14.2. The van der Waals surface area contributed by atoms with Crippen molar-refractivity contribution in [3.8, 4) is 11.5 Å². The smallest absolute Gasteiger partial charge is 0.244 e. The lowest BCUT2D eigenvalue weighted by Gasteiger charge is -2.22. The summed E-state index contributed by atoms with van der Waals surface area (Å²) in [5, 5.41) is 2.91. The molecule has 1 heterocycles. The van der Waals surface area contributed by atoms with Crippen LogP contribution in [0.3, 0.4) is 0 Å². The number of likely N-dealkylation sites (N-methyl/N-ethyl adjacent to an activating group) is 1. The summed E-state index contributed by atoms with van der Waals surface area (Å²) in [6.07, 6.45) is 5.82. The van der Waals surface area contributed by atoms with Crippen LogP contribution in [0.25, 0.3) is 6.08 Å². The summed E-state index contributed by atoms with van der Waals surface area (Å²) in [6, 6.07) is 9.32. The van der Waals surface area contributed by atoms with Crippen LogP contribution in [0.1, 0.15) is 30.7 Å². The normalized spacial score (nSPS) is 12.3. The third-order valence-electron chi connectivity index (χ3n) is 4.04. The summed E-state index contributed by atoms with van der Waals surface area (Å²) in [6.45, 7) is 3.14. The van der Waals surface area contributed by atoms with Crippen molar-refractivity contribution in [2.24, 2.45) is 0 Å². The number of methoxy groups -OCH3 is 1. The van der Waals surface area contributed by atoms with E-state index in [0.29, 0.717) is 24.7 Å². The highest BCUT2D eigenvalue weighted by molar-refractivity contribution is 5.91. The van der Waals surface area contributed by atoms with Gasteiger partial charge in [0.15, 0.2) is 11.5 Å². The number of nitrogens with zero attached hydrogens (tertiary/aromatic N) is 1. The summed E-state index contributed by atoms with van der Waals surface area (Å²) in [7, 11) is 5.50. The van der Waals surface area contributed by atoms with E-state index in [0.717, 1.165) is 17.7 Å².